The molecule has 2 fully saturated rings. The average molecular weight is 335 g/mol. The van der Waals surface area contributed by atoms with Crippen LogP contribution in [0.2, 0.25) is 0 Å². The molecule has 0 aromatic heterocycles. The molecule has 2 saturated heterocycles. The van der Waals surface area contributed by atoms with Gasteiger partial charge in [0.05, 0.1) is 5.75 Å². The van der Waals surface area contributed by atoms with Gasteiger partial charge in [0, 0.05) is 13.1 Å². The van der Waals surface area contributed by atoms with Gasteiger partial charge in [0.25, 0.3) is 0 Å². The van der Waals surface area contributed by atoms with Gasteiger partial charge >= 0.3 is 0 Å². The maximum absolute atomic E-state index is 12.9. The molecule has 0 radical (unpaired) electrons. The van der Waals surface area contributed by atoms with Crippen molar-refractivity contribution >= 4 is 22.4 Å². The molecule has 0 amide bonds. The average Bonchev–Trinajstić information content (AvgIpc) is 2.88. The number of piperidine rings is 1. The lowest BCUT2D eigenvalue weighted by molar-refractivity contribution is 0.227. The zero-order valence-electron chi connectivity index (χ0n) is 11.7. The van der Waals surface area contributed by atoms with E-state index < -0.39 is 10.0 Å². The number of halogens is 2. The molecule has 1 aromatic carbocycles. The van der Waals surface area contributed by atoms with Gasteiger partial charge in [-0.3, -0.25) is 0 Å². The highest BCUT2D eigenvalue weighted by atomic mass is 35.5. The fraction of sp³-hybridized carbons (Fsp3) is 0.571. The summed E-state index contributed by atoms with van der Waals surface area (Å²) in [5.41, 5.74) is 0.637. The van der Waals surface area contributed by atoms with Crippen LogP contribution in [0.1, 0.15) is 12.0 Å². The second kappa shape index (κ2) is 6.60. The van der Waals surface area contributed by atoms with E-state index in [9.17, 15) is 12.8 Å². The van der Waals surface area contributed by atoms with Gasteiger partial charge in [0.2, 0.25) is 10.0 Å². The standard InChI is InChI=1S/C14H19FN2O2S.ClH/c15-14-3-1-11(2-4-14)10-20(18,19)17-6-5-12-7-16-8-13(12)9-17;/h1-4,12-13,16H,5-10H2;1H. The van der Waals surface area contributed by atoms with E-state index in [4.69, 9.17) is 0 Å². The third-order valence-corrected chi connectivity index (χ3v) is 6.14. The Morgan fingerprint density at radius 2 is 1.86 bits per heavy atom. The number of benzene rings is 1. The lowest BCUT2D eigenvalue weighted by atomic mass is 9.90. The Morgan fingerprint density at radius 1 is 1.19 bits per heavy atom. The van der Waals surface area contributed by atoms with Crippen LogP contribution >= 0.6 is 12.4 Å². The van der Waals surface area contributed by atoms with Crippen molar-refractivity contribution in [2.75, 3.05) is 26.2 Å². The maximum atomic E-state index is 12.9. The smallest absolute Gasteiger partial charge is 0.218 e. The predicted molar refractivity (Wildman–Crippen MR) is 82.3 cm³/mol. The number of nitrogens with one attached hydrogen (secondary N) is 1. The number of sulfonamides is 1. The fourth-order valence-electron chi connectivity index (χ4n) is 3.14. The summed E-state index contributed by atoms with van der Waals surface area (Å²) < 4.78 is 39.3. The summed E-state index contributed by atoms with van der Waals surface area (Å²) in [4.78, 5) is 0. The zero-order valence-corrected chi connectivity index (χ0v) is 13.3. The Morgan fingerprint density at radius 3 is 2.57 bits per heavy atom. The molecule has 0 saturated carbocycles. The van der Waals surface area contributed by atoms with Crippen molar-refractivity contribution in [3.8, 4) is 0 Å². The third-order valence-electron chi connectivity index (χ3n) is 4.32. The molecule has 4 nitrogen and oxygen atoms in total. The highest BCUT2D eigenvalue weighted by Gasteiger charge is 2.37. The van der Waals surface area contributed by atoms with Crippen molar-refractivity contribution in [2.24, 2.45) is 11.8 Å². The summed E-state index contributed by atoms with van der Waals surface area (Å²) in [6.45, 7) is 3.14. The summed E-state index contributed by atoms with van der Waals surface area (Å²) in [5.74, 6) is 0.668. The van der Waals surface area contributed by atoms with E-state index in [1.807, 2.05) is 0 Å². The van der Waals surface area contributed by atoms with Crippen LogP contribution in [0.5, 0.6) is 0 Å². The summed E-state index contributed by atoms with van der Waals surface area (Å²) in [5, 5.41) is 3.33. The molecule has 1 aromatic rings. The summed E-state index contributed by atoms with van der Waals surface area (Å²) in [7, 11) is -3.30. The van der Waals surface area contributed by atoms with Crippen LogP contribution in [0.3, 0.4) is 0 Å². The Balaban J connectivity index is 0.00000161. The minimum atomic E-state index is -3.30. The van der Waals surface area contributed by atoms with Crippen LogP contribution in [0.15, 0.2) is 24.3 Å². The molecule has 2 aliphatic heterocycles. The van der Waals surface area contributed by atoms with Crippen molar-refractivity contribution in [1.29, 1.82) is 0 Å². The molecule has 0 bridgehead atoms. The minimum absolute atomic E-state index is 0. The molecule has 2 heterocycles. The summed E-state index contributed by atoms with van der Waals surface area (Å²) in [6.07, 6.45) is 0.931. The molecule has 2 aliphatic rings. The molecule has 3 rings (SSSR count). The first kappa shape index (κ1) is 16.7. The molecule has 0 aliphatic carbocycles. The van der Waals surface area contributed by atoms with Crippen LogP contribution < -0.4 is 5.32 Å². The number of rotatable bonds is 3. The molecule has 2 atom stereocenters. The van der Waals surface area contributed by atoms with E-state index >= 15 is 0 Å². The Bertz CT molecular complexity index is 579. The quantitative estimate of drug-likeness (QED) is 0.914. The van der Waals surface area contributed by atoms with E-state index in [0.717, 1.165) is 19.5 Å². The van der Waals surface area contributed by atoms with E-state index in [1.54, 1.807) is 4.31 Å². The summed E-state index contributed by atoms with van der Waals surface area (Å²) >= 11 is 0. The van der Waals surface area contributed by atoms with Gasteiger partial charge in [-0.25, -0.2) is 17.1 Å². The van der Waals surface area contributed by atoms with Crippen molar-refractivity contribution in [3.05, 3.63) is 35.6 Å². The first-order valence-electron chi connectivity index (χ1n) is 6.97. The Hall–Kier alpha value is -0.690. The van der Waals surface area contributed by atoms with E-state index in [2.05, 4.69) is 5.32 Å². The normalized spacial score (nSPS) is 26.1. The number of fused-ring (bicyclic) bond motifs is 1. The number of nitrogens with zero attached hydrogens (tertiary/aromatic N) is 1. The predicted octanol–water partition coefficient (Wildman–Crippen LogP) is 1.62. The second-order valence-electron chi connectivity index (χ2n) is 5.71. The van der Waals surface area contributed by atoms with E-state index in [1.165, 1.54) is 24.3 Å². The highest BCUT2D eigenvalue weighted by molar-refractivity contribution is 7.88. The van der Waals surface area contributed by atoms with Crippen molar-refractivity contribution in [2.45, 2.75) is 12.2 Å². The highest BCUT2D eigenvalue weighted by Crippen LogP contribution is 2.28. The monoisotopic (exact) mass is 334 g/mol. The van der Waals surface area contributed by atoms with Crippen LogP contribution in [0.4, 0.5) is 4.39 Å². The fourth-order valence-corrected chi connectivity index (χ4v) is 4.74. The lowest BCUT2D eigenvalue weighted by Crippen LogP contribution is -2.43. The molecule has 1 N–H and O–H groups in total. The molecule has 2 unspecified atom stereocenters. The minimum Gasteiger partial charge on any atom is -0.316 e. The molecule has 118 valence electrons. The maximum Gasteiger partial charge on any atom is 0.218 e. The second-order valence-corrected chi connectivity index (χ2v) is 7.68. The summed E-state index contributed by atoms with van der Waals surface area (Å²) in [6, 6.07) is 5.68. The van der Waals surface area contributed by atoms with Gasteiger partial charge in [0.1, 0.15) is 5.82 Å². The van der Waals surface area contributed by atoms with E-state index in [0.29, 0.717) is 30.5 Å². The first-order chi connectivity index (χ1) is 9.54. The Kier molecular flexibility index (Phi) is 5.24. The molecule has 0 spiro atoms. The van der Waals surface area contributed by atoms with Gasteiger partial charge in [-0.1, -0.05) is 12.1 Å². The van der Waals surface area contributed by atoms with Crippen molar-refractivity contribution in [1.82, 2.24) is 9.62 Å². The number of hydrogen-bond donors (Lipinski definition) is 1. The van der Waals surface area contributed by atoms with Crippen LogP contribution in [-0.4, -0.2) is 38.9 Å². The topological polar surface area (TPSA) is 49.4 Å². The van der Waals surface area contributed by atoms with Gasteiger partial charge in [-0.15, -0.1) is 12.4 Å². The molecular weight excluding hydrogens is 315 g/mol. The Labute approximate surface area is 131 Å². The molecular formula is C14H20ClFN2O2S. The lowest BCUT2D eigenvalue weighted by Gasteiger charge is -2.33. The van der Waals surface area contributed by atoms with Crippen molar-refractivity contribution < 1.29 is 12.8 Å². The van der Waals surface area contributed by atoms with Crippen LogP contribution in [0, 0.1) is 17.7 Å². The largest absolute Gasteiger partial charge is 0.316 e. The first-order valence-corrected chi connectivity index (χ1v) is 8.58. The third kappa shape index (κ3) is 3.74. The molecule has 21 heavy (non-hydrogen) atoms. The van der Waals surface area contributed by atoms with Gasteiger partial charge < -0.3 is 5.32 Å². The van der Waals surface area contributed by atoms with Gasteiger partial charge in [-0.05, 0) is 49.0 Å². The van der Waals surface area contributed by atoms with E-state index in [-0.39, 0.29) is 24.0 Å². The van der Waals surface area contributed by atoms with Crippen molar-refractivity contribution in [3.63, 3.8) is 0 Å². The SMILES string of the molecule is Cl.O=S(=O)(Cc1ccc(F)cc1)N1CCC2CNCC2C1. The van der Waals surface area contributed by atoms with Crippen LogP contribution in [0.25, 0.3) is 0 Å². The van der Waals surface area contributed by atoms with Gasteiger partial charge in [0.15, 0.2) is 0 Å². The number of hydrogen-bond acceptors (Lipinski definition) is 3. The molecule has 7 heteroatoms. The van der Waals surface area contributed by atoms with Gasteiger partial charge in [-0.2, -0.15) is 0 Å². The van der Waals surface area contributed by atoms with Crippen LogP contribution in [-0.2, 0) is 15.8 Å². The zero-order chi connectivity index (χ0) is 14.2.